The summed E-state index contributed by atoms with van der Waals surface area (Å²) in [6.07, 6.45) is 0. The molecule has 0 aliphatic rings. The number of ether oxygens (including phenoxy) is 2. The van der Waals surface area contributed by atoms with E-state index in [0.717, 1.165) is 5.54 Å². The first-order valence-corrected chi connectivity index (χ1v) is 4.36. The van der Waals surface area contributed by atoms with Crippen molar-refractivity contribution in [1.29, 1.82) is 0 Å². The van der Waals surface area contributed by atoms with Gasteiger partial charge in [0.1, 0.15) is 0 Å². The molecule has 0 atom stereocenters. The maximum absolute atomic E-state index is 5.58. The van der Waals surface area contributed by atoms with Crippen LogP contribution >= 0.6 is 23.2 Å². The molecule has 0 radical (unpaired) electrons. The minimum absolute atomic E-state index is 0.103. The summed E-state index contributed by atoms with van der Waals surface area (Å²) >= 11 is 10.9. The van der Waals surface area contributed by atoms with Gasteiger partial charge in [-0.3, -0.25) is 0 Å². The number of hydrogen-bond donors (Lipinski definition) is 0. The van der Waals surface area contributed by atoms with Crippen LogP contribution in [-0.2, 0) is 0 Å². The Kier molecular flexibility index (Phi) is 3.93. The van der Waals surface area contributed by atoms with Crippen molar-refractivity contribution in [2.24, 2.45) is 0 Å². The average molecular weight is 219 g/mol. The summed E-state index contributed by atoms with van der Waals surface area (Å²) < 4.78 is 10.2. The molecule has 13 heavy (non-hydrogen) atoms. The highest BCUT2D eigenvalue weighted by atomic mass is 35.5. The van der Waals surface area contributed by atoms with Crippen molar-refractivity contribution in [1.82, 2.24) is 0 Å². The standard InChI is InChI=1S/C9H8Cl2O2/c1-12-7-4-2-3-5-8(7)13-9(11)6-10/h2-6H,1H3/b9-6+. The number of benzene rings is 1. The van der Waals surface area contributed by atoms with E-state index in [9.17, 15) is 0 Å². The van der Waals surface area contributed by atoms with Gasteiger partial charge in [0.05, 0.1) is 12.6 Å². The van der Waals surface area contributed by atoms with Gasteiger partial charge in [-0.05, 0) is 23.7 Å². The zero-order valence-electron chi connectivity index (χ0n) is 6.96. The Balaban J connectivity index is 2.87. The summed E-state index contributed by atoms with van der Waals surface area (Å²) in [7, 11) is 1.56. The molecule has 0 aliphatic heterocycles. The third kappa shape index (κ3) is 2.83. The van der Waals surface area contributed by atoms with Crippen molar-refractivity contribution in [3.05, 3.63) is 35.0 Å². The van der Waals surface area contributed by atoms with Crippen molar-refractivity contribution >= 4 is 23.2 Å². The zero-order valence-corrected chi connectivity index (χ0v) is 8.47. The zero-order chi connectivity index (χ0) is 9.68. The predicted octanol–water partition coefficient (Wildman–Crippen LogP) is 3.35. The lowest BCUT2D eigenvalue weighted by molar-refractivity contribution is 0.373. The second-order valence-electron chi connectivity index (χ2n) is 2.17. The normalized spacial score (nSPS) is 11.2. The van der Waals surface area contributed by atoms with Crippen LogP contribution in [0.2, 0.25) is 0 Å². The fraction of sp³-hybridized carbons (Fsp3) is 0.111. The van der Waals surface area contributed by atoms with Crippen LogP contribution in [0.15, 0.2) is 35.0 Å². The first kappa shape index (κ1) is 10.2. The summed E-state index contributed by atoms with van der Waals surface area (Å²) in [5, 5.41) is 0.103. The molecule has 0 fully saturated rings. The third-order valence-electron chi connectivity index (χ3n) is 1.36. The van der Waals surface area contributed by atoms with Crippen LogP contribution < -0.4 is 9.47 Å². The number of hydrogen-bond acceptors (Lipinski definition) is 2. The summed E-state index contributed by atoms with van der Waals surface area (Å²) in [6, 6.07) is 7.16. The highest BCUT2D eigenvalue weighted by molar-refractivity contribution is 6.35. The van der Waals surface area contributed by atoms with Gasteiger partial charge in [-0.25, -0.2) is 0 Å². The Labute approximate surface area is 86.7 Å². The molecule has 0 spiro atoms. The topological polar surface area (TPSA) is 18.5 Å². The van der Waals surface area contributed by atoms with E-state index >= 15 is 0 Å². The van der Waals surface area contributed by atoms with Crippen LogP contribution in [0.3, 0.4) is 0 Å². The van der Waals surface area contributed by atoms with Gasteiger partial charge in [-0.1, -0.05) is 23.7 Å². The van der Waals surface area contributed by atoms with Crippen LogP contribution in [0, 0.1) is 0 Å². The Morgan fingerprint density at radius 3 is 2.46 bits per heavy atom. The van der Waals surface area contributed by atoms with Crippen LogP contribution in [0.4, 0.5) is 0 Å². The molecule has 0 bridgehead atoms. The fourth-order valence-corrected chi connectivity index (χ4v) is 0.958. The quantitative estimate of drug-likeness (QED) is 0.725. The molecule has 0 heterocycles. The first-order chi connectivity index (χ1) is 6.27. The molecule has 0 amide bonds. The van der Waals surface area contributed by atoms with E-state index in [4.69, 9.17) is 32.7 Å². The van der Waals surface area contributed by atoms with Crippen LogP contribution in [0.5, 0.6) is 11.5 Å². The van der Waals surface area contributed by atoms with E-state index in [1.54, 1.807) is 19.2 Å². The van der Waals surface area contributed by atoms with Gasteiger partial charge < -0.3 is 9.47 Å². The maximum atomic E-state index is 5.58. The van der Waals surface area contributed by atoms with E-state index < -0.39 is 0 Å². The van der Waals surface area contributed by atoms with Gasteiger partial charge in [0.15, 0.2) is 11.5 Å². The molecule has 1 aromatic rings. The smallest absolute Gasteiger partial charge is 0.205 e. The van der Waals surface area contributed by atoms with E-state index in [2.05, 4.69) is 0 Å². The summed E-state index contributed by atoms with van der Waals surface area (Å²) in [6.45, 7) is 0. The maximum Gasteiger partial charge on any atom is 0.205 e. The summed E-state index contributed by atoms with van der Waals surface area (Å²) in [5.41, 5.74) is 1.15. The predicted molar refractivity (Wildman–Crippen MR) is 53.4 cm³/mol. The van der Waals surface area contributed by atoms with E-state index in [1.807, 2.05) is 12.1 Å². The lowest BCUT2D eigenvalue weighted by atomic mass is 10.3. The third-order valence-corrected chi connectivity index (χ3v) is 1.86. The lowest BCUT2D eigenvalue weighted by Gasteiger charge is -2.07. The molecule has 0 aromatic heterocycles. The van der Waals surface area contributed by atoms with Gasteiger partial charge in [0.25, 0.3) is 0 Å². The highest BCUT2D eigenvalue weighted by Crippen LogP contribution is 2.28. The van der Waals surface area contributed by atoms with E-state index in [1.165, 1.54) is 0 Å². The second-order valence-corrected chi connectivity index (χ2v) is 2.76. The van der Waals surface area contributed by atoms with Gasteiger partial charge in [-0.15, -0.1) is 0 Å². The molecule has 1 aromatic carbocycles. The summed E-state index contributed by atoms with van der Waals surface area (Å²) in [4.78, 5) is 0. The molecule has 0 N–H and O–H groups in total. The molecular weight excluding hydrogens is 211 g/mol. The van der Waals surface area contributed by atoms with Crippen LogP contribution in [-0.4, -0.2) is 7.11 Å². The van der Waals surface area contributed by atoms with Gasteiger partial charge >= 0.3 is 0 Å². The molecule has 0 saturated heterocycles. The SMILES string of the molecule is COc1ccccc1O/C(Cl)=C/Cl. The molecule has 0 unspecified atom stereocenters. The van der Waals surface area contributed by atoms with Crippen LogP contribution in [0.25, 0.3) is 0 Å². The minimum Gasteiger partial charge on any atom is -0.493 e. The monoisotopic (exact) mass is 218 g/mol. The number of halogens is 2. The van der Waals surface area contributed by atoms with Crippen molar-refractivity contribution in [2.45, 2.75) is 0 Å². The average Bonchev–Trinajstić information content (AvgIpc) is 2.18. The Morgan fingerprint density at radius 2 is 1.92 bits per heavy atom. The molecular formula is C9H8Cl2O2. The van der Waals surface area contributed by atoms with Gasteiger partial charge in [0, 0.05) is 0 Å². The number of rotatable bonds is 3. The second kappa shape index (κ2) is 5.00. The molecule has 0 aliphatic carbocycles. The fourth-order valence-electron chi connectivity index (χ4n) is 0.830. The largest absolute Gasteiger partial charge is 0.493 e. The van der Waals surface area contributed by atoms with Crippen molar-refractivity contribution in [3.63, 3.8) is 0 Å². The molecule has 70 valence electrons. The molecule has 2 nitrogen and oxygen atoms in total. The highest BCUT2D eigenvalue weighted by Gasteiger charge is 2.03. The summed E-state index contributed by atoms with van der Waals surface area (Å²) in [5.74, 6) is 1.14. The Morgan fingerprint density at radius 1 is 1.31 bits per heavy atom. The van der Waals surface area contributed by atoms with Crippen molar-refractivity contribution in [3.8, 4) is 11.5 Å². The number of methoxy groups -OCH3 is 1. The van der Waals surface area contributed by atoms with Crippen molar-refractivity contribution < 1.29 is 9.47 Å². The molecule has 1 rings (SSSR count). The lowest BCUT2D eigenvalue weighted by Crippen LogP contribution is -1.91. The van der Waals surface area contributed by atoms with Crippen LogP contribution in [0.1, 0.15) is 0 Å². The minimum atomic E-state index is 0.103. The molecule has 4 heteroatoms. The molecule has 0 saturated carbocycles. The van der Waals surface area contributed by atoms with E-state index in [0.29, 0.717) is 11.5 Å². The van der Waals surface area contributed by atoms with E-state index in [-0.39, 0.29) is 5.22 Å². The first-order valence-electron chi connectivity index (χ1n) is 3.54. The van der Waals surface area contributed by atoms with Gasteiger partial charge in [-0.2, -0.15) is 0 Å². The Hall–Kier alpha value is -0.860. The number of para-hydroxylation sites is 2. The van der Waals surface area contributed by atoms with Crippen molar-refractivity contribution in [2.75, 3.05) is 7.11 Å². The van der Waals surface area contributed by atoms with Gasteiger partial charge in [0.2, 0.25) is 5.22 Å². The Bertz CT molecular complexity index is 310.